The summed E-state index contributed by atoms with van der Waals surface area (Å²) in [5.74, 6) is 5.41. The highest BCUT2D eigenvalue weighted by Gasteiger charge is 2.43. The Kier molecular flexibility index (Phi) is 2.82. The van der Waals surface area contributed by atoms with E-state index < -0.39 is 15.9 Å². The van der Waals surface area contributed by atoms with Crippen LogP contribution < -0.4 is 15.4 Å². The highest BCUT2D eigenvalue weighted by atomic mass is 32.3. The smallest absolute Gasteiger partial charge is 0.447 e. The Hall–Kier alpha value is -1.19. The van der Waals surface area contributed by atoms with Crippen LogP contribution in [0.2, 0.25) is 0 Å². The van der Waals surface area contributed by atoms with E-state index in [2.05, 4.69) is 10.2 Å². The lowest BCUT2D eigenvalue weighted by molar-refractivity contribution is 0.172. The van der Waals surface area contributed by atoms with Crippen LogP contribution in [0.1, 0.15) is 11.0 Å². The summed E-state index contributed by atoms with van der Waals surface area (Å²) in [6.45, 7) is 0.0645. The van der Waals surface area contributed by atoms with Crippen LogP contribution in [0.3, 0.4) is 0 Å². The van der Waals surface area contributed by atoms with Gasteiger partial charge in [0, 0.05) is 5.56 Å². The second kappa shape index (κ2) is 4.00. The molecule has 2 atom stereocenters. The van der Waals surface area contributed by atoms with Gasteiger partial charge in [-0.1, -0.05) is 0 Å². The predicted molar refractivity (Wildman–Crippen MR) is 51.5 cm³/mol. The van der Waals surface area contributed by atoms with Crippen molar-refractivity contribution in [3.63, 3.8) is 0 Å². The predicted octanol–water partition coefficient (Wildman–Crippen LogP) is 0.0565. The molecule has 1 aromatic rings. The molecule has 0 saturated carbocycles. The Balaban J connectivity index is 2.31. The molecular formula is C8H9NO6S+. The third kappa shape index (κ3) is 1.88. The minimum Gasteiger partial charge on any atom is -0.454 e. The van der Waals surface area contributed by atoms with Gasteiger partial charge in [0.1, 0.15) is 0 Å². The fraction of sp³-hybridized carbons (Fsp3) is 0.250. The van der Waals surface area contributed by atoms with E-state index in [1.54, 1.807) is 0 Å². The lowest BCUT2D eigenvalue weighted by Gasteiger charge is -2.06. The van der Waals surface area contributed by atoms with Crippen molar-refractivity contribution in [1.82, 2.24) is 0 Å². The molecule has 87 valence electrons. The van der Waals surface area contributed by atoms with Gasteiger partial charge < -0.3 is 14.6 Å². The highest BCUT2D eigenvalue weighted by Crippen LogP contribution is 2.36. The van der Waals surface area contributed by atoms with Crippen molar-refractivity contribution >= 4 is 10.5 Å². The zero-order valence-electron chi connectivity index (χ0n) is 7.99. The summed E-state index contributed by atoms with van der Waals surface area (Å²) in [4.78, 5) is 0. The third-order valence-electron chi connectivity index (χ3n) is 2.09. The molecule has 1 heterocycles. The molecule has 0 spiro atoms. The van der Waals surface area contributed by atoms with Gasteiger partial charge in [-0.25, -0.2) is 0 Å². The average Bonchev–Trinajstić information content (AvgIpc) is 2.74. The first-order valence-corrected chi connectivity index (χ1v) is 5.71. The molecule has 0 bridgehead atoms. The summed E-state index contributed by atoms with van der Waals surface area (Å²) >= 11 is 0. The topological polar surface area (TPSA) is 111 Å². The maximum Gasteiger partial charge on any atom is 0.447 e. The standard InChI is InChI=1S/C8H9NO6S/c9-15-16(11,12)8(10)5-1-2-6-7(3-5)14-4-13-6/h1-3,8,10H,4,9H2/q+1. The van der Waals surface area contributed by atoms with Crippen LogP contribution >= 0.6 is 0 Å². The Morgan fingerprint density at radius 3 is 2.81 bits per heavy atom. The molecule has 1 aliphatic heterocycles. The lowest BCUT2D eigenvalue weighted by atomic mass is 10.2. The normalized spacial score (nSPS) is 19.2. The summed E-state index contributed by atoms with van der Waals surface area (Å²) in [6, 6.07) is 4.23. The van der Waals surface area contributed by atoms with Crippen LogP contribution in [0.5, 0.6) is 11.5 Å². The molecule has 0 saturated heterocycles. The van der Waals surface area contributed by atoms with Crippen molar-refractivity contribution in [2.45, 2.75) is 5.44 Å². The van der Waals surface area contributed by atoms with Crippen molar-refractivity contribution in [2.24, 2.45) is 5.90 Å². The molecule has 1 aliphatic rings. The molecule has 0 aromatic heterocycles. The second-order valence-corrected chi connectivity index (χ2v) is 4.68. The number of ether oxygens (including phenoxy) is 2. The van der Waals surface area contributed by atoms with E-state index in [4.69, 9.17) is 9.47 Å². The Labute approximate surface area is 92.1 Å². The quantitative estimate of drug-likeness (QED) is 0.577. The summed E-state index contributed by atoms with van der Waals surface area (Å²) in [5.41, 5.74) is -1.76. The molecule has 0 fully saturated rings. The van der Waals surface area contributed by atoms with Crippen LogP contribution in [0, 0.1) is 0 Å². The average molecular weight is 247 g/mol. The van der Waals surface area contributed by atoms with Gasteiger partial charge in [0.15, 0.2) is 11.5 Å². The first-order valence-electron chi connectivity index (χ1n) is 4.24. The SMILES string of the molecule is NO[S+]([O])(=O)C(O)c1ccc2c(c1)OCO2. The van der Waals surface area contributed by atoms with Crippen molar-refractivity contribution in [1.29, 1.82) is 0 Å². The Morgan fingerprint density at radius 1 is 1.44 bits per heavy atom. The van der Waals surface area contributed by atoms with Crippen molar-refractivity contribution < 1.29 is 27.6 Å². The summed E-state index contributed by atoms with van der Waals surface area (Å²) in [5, 5.41) is 9.49. The molecule has 3 N–H and O–H groups in total. The number of benzene rings is 1. The van der Waals surface area contributed by atoms with Gasteiger partial charge >= 0.3 is 15.9 Å². The minimum atomic E-state index is -4.23. The zero-order chi connectivity index (χ0) is 11.8. The number of hydrogen-bond donors (Lipinski definition) is 2. The van der Waals surface area contributed by atoms with Crippen LogP contribution in [0.15, 0.2) is 18.2 Å². The monoisotopic (exact) mass is 247 g/mol. The van der Waals surface area contributed by atoms with E-state index in [-0.39, 0.29) is 12.4 Å². The summed E-state index contributed by atoms with van der Waals surface area (Å²) < 4.78 is 36.1. The highest BCUT2D eigenvalue weighted by molar-refractivity contribution is 7.92. The molecule has 7 nitrogen and oxygen atoms in total. The number of hydrogen-bond acceptors (Lipinski definition) is 6. The maximum absolute atomic E-state index is 11.1. The largest absolute Gasteiger partial charge is 0.454 e. The van der Waals surface area contributed by atoms with Crippen LogP contribution in [0.25, 0.3) is 0 Å². The van der Waals surface area contributed by atoms with E-state index in [9.17, 15) is 13.9 Å². The fourth-order valence-corrected chi connectivity index (χ4v) is 1.87. The van der Waals surface area contributed by atoms with E-state index in [1.165, 1.54) is 18.2 Å². The van der Waals surface area contributed by atoms with Gasteiger partial charge in [0.2, 0.25) is 6.79 Å². The molecule has 2 unspecified atom stereocenters. The Morgan fingerprint density at radius 2 is 2.12 bits per heavy atom. The summed E-state index contributed by atoms with van der Waals surface area (Å²) in [7, 11) is -4.23. The van der Waals surface area contributed by atoms with Crippen LogP contribution in [0.4, 0.5) is 0 Å². The van der Waals surface area contributed by atoms with Crippen molar-refractivity contribution in [3.8, 4) is 11.5 Å². The van der Waals surface area contributed by atoms with Gasteiger partial charge in [-0.2, -0.15) is 5.90 Å². The molecule has 16 heavy (non-hydrogen) atoms. The molecule has 0 aliphatic carbocycles. The third-order valence-corrected chi connectivity index (χ3v) is 3.18. The van der Waals surface area contributed by atoms with Crippen molar-refractivity contribution in [2.75, 3.05) is 6.79 Å². The van der Waals surface area contributed by atoms with Gasteiger partial charge in [0.25, 0.3) is 0 Å². The fourth-order valence-electron chi connectivity index (χ4n) is 1.29. The zero-order valence-corrected chi connectivity index (χ0v) is 8.81. The molecule has 8 heteroatoms. The van der Waals surface area contributed by atoms with Gasteiger partial charge in [-0.3, -0.25) is 0 Å². The molecule has 0 amide bonds. The second-order valence-electron chi connectivity index (χ2n) is 3.05. The molecule has 1 aromatic carbocycles. The number of aliphatic hydroxyl groups is 1. The molecule has 2 rings (SSSR count). The van der Waals surface area contributed by atoms with E-state index in [1.807, 2.05) is 0 Å². The molecular weight excluding hydrogens is 238 g/mol. The number of nitrogens with two attached hydrogens (primary N) is 1. The van der Waals surface area contributed by atoms with Gasteiger partial charge in [-0.05, 0) is 26.7 Å². The Bertz CT molecular complexity index is 450. The first-order chi connectivity index (χ1) is 7.54. The van der Waals surface area contributed by atoms with Crippen LogP contribution in [-0.4, -0.2) is 11.9 Å². The van der Waals surface area contributed by atoms with E-state index >= 15 is 0 Å². The van der Waals surface area contributed by atoms with Crippen molar-refractivity contribution in [3.05, 3.63) is 23.8 Å². The number of rotatable bonds is 3. The minimum absolute atomic E-state index is 0.0645. The first kappa shape index (κ1) is 11.3. The van der Waals surface area contributed by atoms with Gasteiger partial charge in [-0.15, -0.1) is 0 Å². The molecule has 1 radical (unpaired) electrons. The van der Waals surface area contributed by atoms with E-state index in [0.717, 1.165) is 0 Å². The lowest BCUT2D eigenvalue weighted by Crippen LogP contribution is -2.24. The van der Waals surface area contributed by atoms with E-state index in [0.29, 0.717) is 11.5 Å². The summed E-state index contributed by atoms with van der Waals surface area (Å²) in [6.07, 6.45) is 0. The number of aliphatic hydroxyl groups excluding tert-OH is 1. The van der Waals surface area contributed by atoms with Crippen LogP contribution in [-0.2, 0) is 23.5 Å². The number of fused-ring (bicyclic) bond motifs is 1. The van der Waals surface area contributed by atoms with Gasteiger partial charge in [0.05, 0.1) is 4.55 Å². The maximum atomic E-state index is 11.1.